The zero-order chi connectivity index (χ0) is 21.1. The SMILES string of the molecule is O=c1c(C2CCCCC2)cc(-c2cnccn2)nn1Cc1ncccc1C(F)(F)F. The summed E-state index contributed by atoms with van der Waals surface area (Å²) in [4.78, 5) is 25.3. The fourth-order valence-corrected chi connectivity index (χ4v) is 3.90. The lowest BCUT2D eigenvalue weighted by Gasteiger charge is -2.22. The van der Waals surface area contributed by atoms with Crippen LogP contribution in [0.25, 0.3) is 11.4 Å². The second-order valence-corrected chi connectivity index (χ2v) is 7.37. The first-order valence-electron chi connectivity index (χ1n) is 9.83. The molecule has 0 spiro atoms. The van der Waals surface area contributed by atoms with Crippen LogP contribution < -0.4 is 5.56 Å². The number of hydrogen-bond acceptors (Lipinski definition) is 5. The van der Waals surface area contributed by atoms with Gasteiger partial charge in [-0.25, -0.2) is 4.68 Å². The number of halogens is 3. The Morgan fingerprint density at radius 3 is 2.53 bits per heavy atom. The maximum absolute atomic E-state index is 13.4. The molecule has 0 bridgehead atoms. The third-order valence-electron chi connectivity index (χ3n) is 5.37. The normalized spacial score (nSPS) is 15.3. The minimum Gasteiger partial charge on any atom is -0.267 e. The van der Waals surface area contributed by atoms with Crippen LogP contribution in [0.1, 0.15) is 54.8 Å². The molecule has 0 radical (unpaired) electrons. The van der Waals surface area contributed by atoms with Gasteiger partial charge in [0.1, 0.15) is 11.4 Å². The van der Waals surface area contributed by atoms with Crippen molar-refractivity contribution in [2.24, 2.45) is 0 Å². The van der Waals surface area contributed by atoms with E-state index in [0.717, 1.165) is 42.9 Å². The Morgan fingerprint density at radius 1 is 1.03 bits per heavy atom. The quantitative estimate of drug-likeness (QED) is 0.638. The second kappa shape index (κ2) is 8.33. The summed E-state index contributed by atoms with van der Waals surface area (Å²) in [5, 5.41) is 4.31. The van der Waals surface area contributed by atoms with Crippen molar-refractivity contribution in [3.63, 3.8) is 0 Å². The van der Waals surface area contributed by atoms with Crippen LogP contribution in [0.15, 0.2) is 47.8 Å². The van der Waals surface area contributed by atoms with Crippen LogP contribution in [0.5, 0.6) is 0 Å². The summed E-state index contributed by atoms with van der Waals surface area (Å²) in [6.45, 7) is -0.373. The monoisotopic (exact) mass is 415 g/mol. The Bertz CT molecular complexity index is 1080. The molecule has 9 heteroatoms. The third kappa shape index (κ3) is 4.24. The fourth-order valence-electron chi connectivity index (χ4n) is 3.90. The molecule has 0 atom stereocenters. The molecule has 6 nitrogen and oxygen atoms in total. The smallest absolute Gasteiger partial charge is 0.267 e. The van der Waals surface area contributed by atoms with Crippen LogP contribution in [0.2, 0.25) is 0 Å². The van der Waals surface area contributed by atoms with Gasteiger partial charge in [0.15, 0.2) is 0 Å². The Kier molecular flexibility index (Phi) is 5.61. The van der Waals surface area contributed by atoms with Crippen LogP contribution in [-0.4, -0.2) is 24.7 Å². The van der Waals surface area contributed by atoms with E-state index in [2.05, 4.69) is 20.1 Å². The van der Waals surface area contributed by atoms with E-state index in [1.807, 2.05) is 0 Å². The average Bonchev–Trinajstić information content (AvgIpc) is 2.76. The van der Waals surface area contributed by atoms with Crippen LogP contribution >= 0.6 is 0 Å². The molecule has 156 valence electrons. The predicted octanol–water partition coefficient (Wildman–Crippen LogP) is 4.21. The summed E-state index contributed by atoms with van der Waals surface area (Å²) in [6.07, 6.45) is 6.16. The zero-order valence-electron chi connectivity index (χ0n) is 16.1. The molecule has 1 saturated carbocycles. The Balaban J connectivity index is 1.82. The molecule has 4 rings (SSSR count). The Hall–Kier alpha value is -3.10. The summed E-state index contributed by atoms with van der Waals surface area (Å²) < 4.78 is 41.3. The van der Waals surface area contributed by atoms with Gasteiger partial charge in [0.2, 0.25) is 0 Å². The van der Waals surface area contributed by atoms with Crippen LogP contribution in [0.4, 0.5) is 13.2 Å². The predicted molar refractivity (Wildman–Crippen MR) is 104 cm³/mol. The van der Waals surface area contributed by atoms with Crippen LogP contribution in [0.3, 0.4) is 0 Å². The van der Waals surface area contributed by atoms with Gasteiger partial charge in [-0.3, -0.25) is 19.7 Å². The molecule has 0 unspecified atom stereocenters. The highest BCUT2D eigenvalue weighted by molar-refractivity contribution is 5.53. The van der Waals surface area contributed by atoms with Crippen molar-refractivity contribution in [2.45, 2.75) is 50.7 Å². The first kappa shape index (κ1) is 20.2. The first-order valence-corrected chi connectivity index (χ1v) is 9.83. The van der Waals surface area contributed by atoms with E-state index in [-0.39, 0.29) is 23.7 Å². The van der Waals surface area contributed by atoms with Crippen molar-refractivity contribution in [1.82, 2.24) is 24.7 Å². The average molecular weight is 415 g/mol. The topological polar surface area (TPSA) is 73.6 Å². The van der Waals surface area contributed by atoms with Crippen LogP contribution in [0, 0.1) is 0 Å². The van der Waals surface area contributed by atoms with E-state index in [4.69, 9.17) is 0 Å². The molecule has 1 aliphatic rings. The van der Waals surface area contributed by atoms with Crippen molar-refractivity contribution in [3.8, 4) is 11.4 Å². The van der Waals surface area contributed by atoms with Gasteiger partial charge in [-0.05, 0) is 37.0 Å². The summed E-state index contributed by atoms with van der Waals surface area (Å²) in [6, 6.07) is 3.90. The minimum atomic E-state index is -4.57. The Labute approximate surface area is 170 Å². The molecule has 0 saturated heterocycles. The van der Waals surface area contributed by atoms with Gasteiger partial charge in [0.25, 0.3) is 5.56 Å². The van der Waals surface area contributed by atoms with Gasteiger partial charge < -0.3 is 0 Å². The number of nitrogens with zero attached hydrogens (tertiary/aromatic N) is 5. The summed E-state index contributed by atoms with van der Waals surface area (Å²) in [7, 11) is 0. The molecule has 0 aliphatic heterocycles. The van der Waals surface area contributed by atoms with E-state index >= 15 is 0 Å². The largest absolute Gasteiger partial charge is 0.418 e. The Morgan fingerprint density at radius 2 is 1.83 bits per heavy atom. The van der Waals surface area contributed by atoms with Crippen molar-refractivity contribution in [2.75, 3.05) is 0 Å². The molecule has 0 aromatic carbocycles. The molecule has 1 fully saturated rings. The van der Waals surface area contributed by atoms with Crippen molar-refractivity contribution >= 4 is 0 Å². The molecular weight excluding hydrogens is 395 g/mol. The lowest BCUT2D eigenvalue weighted by Crippen LogP contribution is -2.30. The fraction of sp³-hybridized carbons (Fsp3) is 0.381. The number of hydrogen-bond donors (Lipinski definition) is 0. The van der Waals surface area contributed by atoms with E-state index in [1.165, 1.54) is 30.9 Å². The highest BCUT2D eigenvalue weighted by atomic mass is 19.4. The maximum Gasteiger partial charge on any atom is 0.418 e. The first-order chi connectivity index (χ1) is 14.4. The summed E-state index contributed by atoms with van der Waals surface area (Å²) in [5.41, 5.74) is -0.0652. The van der Waals surface area contributed by atoms with Gasteiger partial charge in [-0.1, -0.05) is 19.3 Å². The highest BCUT2D eigenvalue weighted by Gasteiger charge is 2.34. The van der Waals surface area contributed by atoms with Crippen LogP contribution in [-0.2, 0) is 12.7 Å². The summed E-state index contributed by atoms with van der Waals surface area (Å²) >= 11 is 0. The lowest BCUT2D eigenvalue weighted by atomic mass is 9.84. The lowest BCUT2D eigenvalue weighted by molar-refractivity contribution is -0.138. The second-order valence-electron chi connectivity index (χ2n) is 7.37. The standard InChI is InChI=1S/C21H20F3N5O/c22-21(23,24)16-7-4-8-26-19(16)13-29-20(30)15(14-5-2-1-3-6-14)11-17(28-29)18-12-25-9-10-27-18/h4,7-12,14H,1-3,5-6,13H2. The molecule has 3 heterocycles. The molecular formula is C21H20F3N5O. The minimum absolute atomic E-state index is 0.0572. The van der Waals surface area contributed by atoms with Gasteiger partial charge in [0.05, 0.1) is 24.0 Å². The molecule has 1 aliphatic carbocycles. The van der Waals surface area contributed by atoms with E-state index in [9.17, 15) is 18.0 Å². The maximum atomic E-state index is 13.4. The van der Waals surface area contributed by atoms with Crippen molar-refractivity contribution in [3.05, 3.63) is 70.2 Å². The number of aromatic nitrogens is 5. The molecule has 3 aromatic rings. The van der Waals surface area contributed by atoms with Gasteiger partial charge >= 0.3 is 6.18 Å². The van der Waals surface area contributed by atoms with Gasteiger partial charge in [-0.15, -0.1) is 0 Å². The van der Waals surface area contributed by atoms with Gasteiger partial charge in [-0.2, -0.15) is 18.3 Å². The van der Waals surface area contributed by atoms with Crippen molar-refractivity contribution in [1.29, 1.82) is 0 Å². The molecule has 0 N–H and O–H groups in total. The number of pyridine rings is 1. The molecule has 0 amide bonds. The van der Waals surface area contributed by atoms with E-state index in [0.29, 0.717) is 17.0 Å². The van der Waals surface area contributed by atoms with E-state index < -0.39 is 11.7 Å². The highest BCUT2D eigenvalue weighted by Crippen LogP contribution is 2.33. The zero-order valence-corrected chi connectivity index (χ0v) is 16.1. The van der Waals surface area contributed by atoms with E-state index in [1.54, 1.807) is 6.07 Å². The van der Waals surface area contributed by atoms with Gasteiger partial charge in [0, 0.05) is 24.2 Å². The number of alkyl halides is 3. The number of rotatable bonds is 4. The third-order valence-corrected chi connectivity index (χ3v) is 5.37. The molecule has 3 aromatic heterocycles. The molecule has 30 heavy (non-hydrogen) atoms. The van der Waals surface area contributed by atoms with Crippen molar-refractivity contribution < 1.29 is 13.2 Å². The summed E-state index contributed by atoms with van der Waals surface area (Å²) in [5.74, 6) is 0.0572.